The number of hydrogen-bond donors (Lipinski definition) is 4. The van der Waals surface area contributed by atoms with Crippen LogP contribution in [0.15, 0.2) is 27.8 Å². The molecule has 28 heavy (non-hydrogen) atoms. The van der Waals surface area contributed by atoms with Crippen molar-refractivity contribution in [3.05, 3.63) is 61.4 Å². The van der Waals surface area contributed by atoms with Crippen molar-refractivity contribution in [3.8, 4) is 11.5 Å². The molecule has 0 spiro atoms. The third-order valence-corrected chi connectivity index (χ3v) is 4.53. The van der Waals surface area contributed by atoms with Crippen molar-refractivity contribution in [3.63, 3.8) is 0 Å². The van der Waals surface area contributed by atoms with Gasteiger partial charge in [0.25, 0.3) is 5.56 Å². The highest BCUT2D eigenvalue weighted by molar-refractivity contribution is 5.71. The fraction of sp³-hybridized carbons (Fsp3) is 0.235. The van der Waals surface area contributed by atoms with Crippen LogP contribution >= 0.6 is 0 Å². The molecule has 0 amide bonds. The Kier molecular flexibility index (Phi) is 4.13. The highest BCUT2D eigenvalue weighted by atomic mass is 19.3. The second-order valence-electron chi connectivity index (χ2n) is 6.15. The van der Waals surface area contributed by atoms with Crippen molar-refractivity contribution >= 4 is 11.6 Å². The van der Waals surface area contributed by atoms with E-state index in [0.29, 0.717) is 22.6 Å². The maximum Gasteiger partial charge on any atom is 0.387 e. The lowest BCUT2D eigenvalue weighted by Gasteiger charge is -2.26. The predicted octanol–water partition coefficient (Wildman–Crippen LogP) is 1.94. The van der Waals surface area contributed by atoms with Crippen LogP contribution in [0.4, 0.5) is 20.4 Å². The lowest BCUT2D eigenvalue weighted by atomic mass is 9.83. The van der Waals surface area contributed by atoms with Crippen molar-refractivity contribution in [1.82, 2.24) is 20.2 Å². The number of hydrogen-bond acceptors (Lipinski definition) is 6. The number of alkyl halides is 2. The molecule has 9 nitrogen and oxygen atoms in total. The van der Waals surface area contributed by atoms with E-state index in [-0.39, 0.29) is 22.9 Å². The number of ether oxygens (including phenoxy) is 2. The Morgan fingerprint density at radius 3 is 2.64 bits per heavy atom. The normalized spacial score (nSPS) is 15.0. The minimum Gasteiger partial charge on any atom is -0.493 e. The monoisotopic (exact) mass is 391 g/mol. The maximum atomic E-state index is 12.6. The van der Waals surface area contributed by atoms with Crippen molar-refractivity contribution in [2.75, 3.05) is 12.4 Å². The second-order valence-corrected chi connectivity index (χ2v) is 6.15. The van der Waals surface area contributed by atoms with Gasteiger partial charge in [-0.2, -0.15) is 13.9 Å². The quantitative estimate of drug-likeness (QED) is 0.421. The summed E-state index contributed by atoms with van der Waals surface area (Å²) in [7, 11) is 1.33. The van der Waals surface area contributed by atoms with Crippen LogP contribution in [-0.4, -0.2) is 33.9 Å². The summed E-state index contributed by atoms with van der Waals surface area (Å²) in [5.41, 5.74) is 0.995. The first kappa shape index (κ1) is 17.8. The van der Waals surface area contributed by atoms with Crippen LogP contribution in [0.25, 0.3) is 0 Å². The second kappa shape index (κ2) is 6.51. The number of anilines is 2. The molecule has 0 fully saturated rings. The summed E-state index contributed by atoms with van der Waals surface area (Å²) in [5, 5.41) is 9.94. The molecule has 3 aromatic rings. The Hall–Kier alpha value is -3.63. The molecule has 0 aliphatic carbocycles. The lowest BCUT2D eigenvalue weighted by Crippen LogP contribution is -2.31. The molecule has 2 aromatic heterocycles. The minimum atomic E-state index is -3.00. The number of aryl methyl sites for hydroxylation is 1. The van der Waals surface area contributed by atoms with Gasteiger partial charge in [-0.25, -0.2) is 4.79 Å². The van der Waals surface area contributed by atoms with E-state index in [4.69, 9.17) is 4.74 Å². The fourth-order valence-corrected chi connectivity index (χ4v) is 3.41. The van der Waals surface area contributed by atoms with Gasteiger partial charge in [0, 0.05) is 17.2 Å². The molecule has 1 aliphatic rings. The zero-order chi connectivity index (χ0) is 20.0. The zero-order valence-corrected chi connectivity index (χ0v) is 14.7. The minimum absolute atomic E-state index is 0.0847. The Morgan fingerprint density at radius 1 is 1.14 bits per heavy atom. The molecule has 0 unspecified atom stereocenters. The van der Waals surface area contributed by atoms with Gasteiger partial charge in [-0.15, -0.1) is 0 Å². The Labute approximate surface area is 155 Å². The zero-order valence-electron chi connectivity index (χ0n) is 14.7. The summed E-state index contributed by atoms with van der Waals surface area (Å²) >= 11 is 0. The van der Waals surface area contributed by atoms with E-state index in [1.807, 2.05) is 0 Å². The highest BCUT2D eigenvalue weighted by Crippen LogP contribution is 2.44. The van der Waals surface area contributed by atoms with Crippen LogP contribution in [0.3, 0.4) is 0 Å². The summed E-state index contributed by atoms with van der Waals surface area (Å²) in [6.45, 7) is -1.22. The molecule has 0 bridgehead atoms. The smallest absolute Gasteiger partial charge is 0.387 e. The Morgan fingerprint density at radius 2 is 1.93 bits per heavy atom. The maximum absolute atomic E-state index is 12.6. The van der Waals surface area contributed by atoms with E-state index in [1.54, 1.807) is 13.0 Å². The van der Waals surface area contributed by atoms with Crippen molar-refractivity contribution in [1.29, 1.82) is 0 Å². The van der Waals surface area contributed by atoms with Gasteiger partial charge < -0.3 is 14.8 Å². The number of aromatic amines is 3. The van der Waals surface area contributed by atoms with Gasteiger partial charge in [-0.1, -0.05) is 6.07 Å². The van der Waals surface area contributed by atoms with Crippen molar-refractivity contribution in [2.45, 2.75) is 19.5 Å². The molecule has 3 heterocycles. The van der Waals surface area contributed by atoms with Crippen LogP contribution < -0.4 is 26.0 Å². The van der Waals surface area contributed by atoms with E-state index in [0.717, 1.165) is 0 Å². The topological polar surface area (TPSA) is 125 Å². The van der Waals surface area contributed by atoms with E-state index in [9.17, 15) is 18.4 Å². The van der Waals surface area contributed by atoms with Crippen LogP contribution in [0, 0.1) is 6.92 Å². The molecule has 0 saturated heterocycles. The average molecular weight is 391 g/mol. The van der Waals surface area contributed by atoms with Crippen LogP contribution in [0.5, 0.6) is 11.5 Å². The standard InChI is InChI=1S/C17H15F2N5O4/c1-6-10-11(7-3-4-8(28-16(18)19)9(5-7)27-2)12-13(20-14(10)24-23-6)21-17(26)22-15(12)25/h3-5,11,16H,1-2H3,(H4,20,21,22,23,24,25,26)/t11-/m0/s1. The first-order valence-corrected chi connectivity index (χ1v) is 8.20. The van der Waals surface area contributed by atoms with E-state index < -0.39 is 23.8 Å². The number of rotatable bonds is 4. The number of H-pyrrole nitrogens is 3. The molecule has 4 N–H and O–H groups in total. The molecular weight excluding hydrogens is 376 g/mol. The third-order valence-electron chi connectivity index (χ3n) is 4.53. The van der Waals surface area contributed by atoms with E-state index in [2.05, 4.69) is 30.2 Å². The summed E-state index contributed by atoms with van der Waals surface area (Å²) in [6, 6.07) is 4.41. The first-order chi connectivity index (χ1) is 13.4. The number of nitrogens with one attached hydrogen (secondary N) is 4. The summed E-state index contributed by atoms with van der Waals surface area (Å²) in [5.74, 6) is -0.00999. The summed E-state index contributed by atoms with van der Waals surface area (Å²) in [6.07, 6.45) is 0. The summed E-state index contributed by atoms with van der Waals surface area (Å²) < 4.78 is 34.9. The number of benzene rings is 1. The third kappa shape index (κ3) is 2.80. The molecule has 0 radical (unpaired) electrons. The Bertz CT molecular complexity index is 1170. The van der Waals surface area contributed by atoms with Gasteiger partial charge in [-0.05, 0) is 24.6 Å². The van der Waals surface area contributed by atoms with Gasteiger partial charge in [0.1, 0.15) is 5.82 Å². The van der Waals surface area contributed by atoms with Gasteiger partial charge >= 0.3 is 12.3 Å². The Balaban J connectivity index is 1.94. The molecular formula is C17H15F2N5O4. The van der Waals surface area contributed by atoms with Crippen LogP contribution in [0.2, 0.25) is 0 Å². The molecule has 1 aromatic carbocycles. The number of aromatic nitrogens is 4. The van der Waals surface area contributed by atoms with E-state index in [1.165, 1.54) is 19.2 Å². The van der Waals surface area contributed by atoms with Gasteiger partial charge in [0.15, 0.2) is 17.3 Å². The van der Waals surface area contributed by atoms with E-state index >= 15 is 0 Å². The number of nitrogens with zero attached hydrogens (tertiary/aromatic N) is 1. The van der Waals surface area contributed by atoms with Crippen LogP contribution in [0.1, 0.15) is 28.3 Å². The largest absolute Gasteiger partial charge is 0.493 e. The fourth-order valence-electron chi connectivity index (χ4n) is 3.41. The van der Waals surface area contributed by atoms with Gasteiger partial charge in [0.2, 0.25) is 0 Å². The lowest BCUT2D eigenvalue weighted by molar-refractivity contribution is -0.0512. The average Bonchev–Trinajstić information content (AvgIpc) is 3.00. The number of methoxy groups -OCH3 is 1. The first-order valence-electron chi connectivity index (χ1n) is 8.20. The highest BCUT2D eigenvalue weighted by Gasteiger charge is 2.34. The molecule has 11 heteroatoms. The molecule has 1 atom stereocenters. The molecule has 0 saturated carbocycles. The number of fused-ring (bicyclic) bond motifs is 2. The van der Waals surface area contributed by atoms with Crippen LogP contribution in [-0.2, 0) is 0 Å². The number of halogens is 2. The molecule has 146 valence electrons. The van der Waals surface area contributed by atoms with Crippen molar-refractivity contribution < 1.29 is 18.3 Å². The molecule has 4 rings (SSSR count). The van der Waals surface area contributed by atoms with Crippen molar-refractivity contribution in [2.24, 2.45) is 0 Å². The predicted molar refractivity (Wildman–Crippen MR) is 94.9 cm³/mol. The SMILES string of the molecule is COc1cc([C@H]2c3c(n[nH]c3C)Nc3[nH]c(=O)[nH]c(=O)c32)ccc1OC(F)F. The molecule has 1 aliphatic heterocycles. The summed E-state index contributed by atoms with van der Waals surface area (Å²) in [4.78, 5) is 29.0. The van der Waals surface area contributed by atoms with Gasteiger partial charge in [-0.3, -0.25) is 19.9 Å². The van der Waals surface area contributed by atoms with Gasteiger partial charge in [0.05, 0.1) is 12.7 Å².